The van der Waals surface area contributed by atoms with E-state index in [4.69, 9.17) is 14.2 Å². The highest BCUT2D eigenvalue weighted by molar-refractivity contribution is 5.72. The summed E-state index contributed by atoms with van der Waals surface area (Å²) >= 11 is 0. The van der Waals surface area contributed by atoms with Gasteiger partial charge < -0.3 is 24.1 Å². The number of esters is 1. The maximum atomic E-state index is 11.5. The van der Waals surface area contributed by atoms with Crippen molar-refractivity contribution in [2.45, 2.75) is 44.1 Å². The number of ether oxygens (including phenoxy) is 4. The van der Waals surface area contributed by atoms with Gasteiger partial charge in [-0.15, -0.1) is 0 Å². The standard InChI is InChI=1S/C18H23NO7/c1-18(2)16(21)15(19(3)10-7-14(20)24-9-10)12-8-11(25-17(22)23-4)5-6-13(12)26-18/h5-6,8,10,15-16,21H,7,9H2,1-4H3/t10?,15-,16+/m0/s1. The SMILES string of the molecule is COC(=O)Oc1ccc2c(c1)[C@H](N(C)C1COC(=O)C1)[C@@H](O)C(C)(C)O2. The van der Waals surface area contributed by atoms with Gasteiger partial charge in [0.1, 0.15) is 29.8 Å². The van der Waals surface area contributed by atoms with Crippen LogP contribution in [-0.4, -0.2) is 60.6 Å². The van der Waals surface area contributed by atoms with Crippen LogP contribution in [-0.2, 0) is 14.3 Å². The van der Waals surface area contributed by atoms with Crippen LogP contribution in [0.1, 0.15) is 31.9 Å². The first-order valence-corrected chi connectivity index (χ1v) is 8.37. The highest BCUT2D eigenvalue weighted by Gasteiger charge is 2.47. The minimum atomic E-state index is -0.871. The number of likely N-dealkylation sites (N-methyl/N-ethyl adjacent to an activating group) is 1. The van der Waals surface area contributed by atoms with Crippen LogP contribution in [0.15, 0.2) is 18.2 Å². The number of carbonyl (C=O) groups excluding carboxylic acids is 2. The van der Waals surface area contributed by atoms with Crippen molar-refractivity contribution in [1.82, 2.24) is 4.90 Å². The zero-order valence-corrected chi connectivity index (χ0v) is 15.2. The highest BCUT2D eigenvalue weighted by atomic mass is 16.7. The van der Waals surface area contributed by atoms with Gasteiger partial charge in [-0.25, -0.2) is 4.79 Å². The molecule has 0 saturated carbocycles. The van der Waals surface area contributed by atoms with Gasteiger partial charge in [-0.2, -0.15) is 0 Å². The second-order valence-electron chi connectivity index (χ2n) is 7.06. The van der Waals surface area contributed by atoms with E-state index in [1.807, 2.05) is 11.9 Å². The smallest absolute Gasteiger partial charge is 0.485 e. The molecule has 0 aromatic heterocycles. The number of carbonyl (C=O) groups is 2. The van der Waals surface area contributed by atoms with Crippen LogP contribution in [0.25, 0.3) is 0 Å². The van der Waals surface area contributed by atoms with Crippen LogP contribution >= 0.6 is 0 Å². The number of cyclic esters (lactones) is 1. The van der Waals surface area contributed by atoms with Gasteiger partial charge in [0.2, 0.25) is 0 Å². The third kappa shape index (κ3) is 3.34. The second-order valence-corrected chi connectivity index (χ2v) is 7.06. The lowest BCUT2D eigenvalue weighted by Gasteiger charge is -2.46. The summed E-state index contributed by atoms with van der Waals surface area (Å²) in [6.45, 7) is 3.88. The van der Waals surface area contributed by atoms with Gasteiger partial charge in [-0.3, -0.25) is 9.69 Å². The van der Waals surface area contributed by atoms with Gasteiger partial charge in [0.25, 0.3) is 0 Å². The number of aliphatic hydroxyl groups is 1. The first-order chi connectivity index (χ1) is 12.2. The van der Waals surface area contributed by atoms with Gasteiger partial charge in [0.05, 0.1) is 25.6 Å². The molecule has 8 nitrogen and oxygen atoms in total. The summed E-state index contributed by atoms with van der Waals surface area (Å²) in [6.07, 6.45) is -1.44. The Kier molecular flexibility index (Phi) is 4.81. The highest BCUT2D eigenvalue weighted by Crippen LogP contribution is 2.44. The molecule has 8 heteroatoms. The fourth-order valence-corrected chi connectivity index (χ4v) is 3.38. The predicted octanol–water partition coefficient (Wildman–Crippen LogP) is 1.65. The van der Waals surface area contributed by atoms with E-state index in [1.54, 1.807) is 32.0 Å². The zero-order valence-electron chi connectivity index (χ0n) is 15.2. The molecule has 1 N–H and O–H groups in total. The molecule has 142 valence electrons. The molecule has 1 aromatic rings. The molecule has 2 heterocycles. The van der Waals surface area contributed by atoms with E-state index in [0.717, 1.165) is 0 Å². The van der Waals surface area contributed by atoms with Crippen molar-refractivity contribution in [1.29, 1.82) is 0 Å². The maximum absolute atomic E-state index is 11.5. The maximum Gasteiger partial charge on any atom is 0.513 e. The van der Waals surface area contributed by atoms with Crippen molar-refractivity contribution in [3.63, 3.8) is 0 Å². The third-order valence-electron chi connectivity index (χ3n) is 4.91. The van der Waals surface area contributed by atoms with E-state index in [-0.39, 0.29) is 30.8 Å². The quantitative estimate of drug-likeness (QED) is 0.638. The van der Waals surface area contributed by atoms with E-state index in [9.17, 15) is 14.7 Å². The van der Waals surface area contributed by atoms with E-state index < -0.39 is 23.9 Å². The number of fused-ring (bicyclic) bond motifs is 1. The Hall–Kier alpha value is -2.32. The van der Waals surface area contributed by atoms with Crippen LogP contribution in [0.4, 0.5) is 4.79 Å². The Labute approximate surface area is 151 Å². The molecular weight excluding hydrogens is 342 g/mol. The Morgan fingerprint density at radius 2 is 2.12 bits per heavy atom. The number of methoxy groups -OCH3 is 1. The molecule has 0 radical (unpaired) electrons. The van der Waals surface area contributed by atoms with Crippen molar-refractivity contribution < 1.29 is 33.6 Å². The molecule has 1 fully saturated rings. The first kappa shape index (κ1) is 18.5. The molecule has 26 heavy (non-hydrogen) atoms. The Balaban J connectivity index is 1.98. The average Bonchev–Trinajstić information content (AvgIpc) is 3.02. The van der Waals surface area contributed by atoms with E-state index in [1.165, 1.54) is 7.11 Å². The van der Waals surface area contributed by atoms with Crippen LogP contribution < -0.4 is 9.47 Å². The number of hydrogen-bond acceptors (Lipinski definition) is 8. The summed E-state index contributed by atoms with van der Waals surface area (Å²) in [5, 5.41) is 10.9. The fraction of sp³-hybridized carbons (Fsp3) is 0.556. The van der Waals surface area contributed by atoms with E-state index in [2.05, 4.69) is 4.74 Å². The molecule has 1 aromatic carbocycles. The summed E-state index contributed by atoms with van der Waals surface area (Å²) in [7, 11) is 3.06. The summed E-state index contributed by atoms with van der Waals surface area (Å²) < 4.78 is 20.6. The molecule has 2 aliphatic rings. The molecule has 1 unspecified atom stereocenters. The van der Waals surface area contributed by atoms with E-state index >= 15 is 0 Å². The molecule has 0 amide bonds. The molecular formula is C18H23NO7. The summed E-state index contributed by atoms with van der Waals surface area (Å²) in [6, 6.07) is 4.31. The molecule has 3 atom stereocenters. The van der Waals surface area contributed by atoms with Crippen LogP contribution in [0.5, 0.6) is 11.5 Å². The third-order valence-corrected chi connectivity index (χ3v) is 4.91. The average molecular weight is 365 g/mol. The Morgan fingerprint density at radius 1 is 1.38 bits per heavy atom. The molecule has 0 aliphatic carbocycles. The monoisotopic (exact) mass is 365 g/mol. The minimum Gasteiger partial charge on any atom is -0.485 e. The van der Waals surface area contributed by atoms with Crippen LogP contribution in [0.3, 0.4) is 0 Å². The minimum absolute atomic E-state index is 0.158. The van der Waals surface area contributed by atoms with Gasteiger partial charge in [0, 0.05) is 5.56 Å². The van der Waals surface area contributed by atoms with Crippen LogP contribution in [0, 0.1) is 0 Å². The second kappa shape index (κ2) is 6.77. The van der Waals surface area contributed by atoms with Crippen molar-refractivity contribution in [3.05, 3.63) is 23.8 Å². The van der Waals surface area contributed by atoms with Gasteiger partial charge in [-0.1, -0.05) is 0 Å². The molecule has 0 spiro atoms. The summed E-state index contributed by atoms with van der Waals surface area (Å²) in [4.78, 5) is 24.8. The molecule has 2 aliphatic heterocycles. The predicted molar refractivity (Wildman–Crippen MR) is 90.1 cm³/mol. The number of hydrogen-bond donors (Lipinski definition) is 1. The van der Waals surface area contributed by atoms with Gasteiger partial charge in [0.15, 0.2) is 0 Å². The normalized spacial score (nSPS) is 26.7. The van der Waals surface area contributed by atoms with Crippen LogP contribution in [0.2, 0.25) is 0 Å². The number of aliphatic hydroxyl groups excluding tert-OH is 1. The fourth-order valence-electron chi connectivity index (χ4n) is 3.38. The van der Waals surface area contributed by atoms with Gasteiger partial charge >= 0.3 is 12.1 Å². The topological polar surface area (TPSA) is 94.5 Å². The molecule has 0 bridgehead atoms. The van der Waals surface area contributed by atoms with Crippen molar-refractivity contribution in [2.24, 2.45) is 0 Å². The first-order valence-electron chi connectivity index (χ1n) is 8.37. The lowest BCUT2D eigenvalue weighted by molar-refractivity contribution is -0.137. The molecule has 1 saturated heterocycles. The zero-order chi connectivity index (χ0) is 19.1. The lowest BCUT2D eigenvalue weighted by Crippen LogP contribution is -2.54. The lowest BCUT2D eigenvalue weighted by atomic mass is 9.85. The Morgan fingerprint density at radius 3 is 2.73 bits per heavy atom. The van der Waals surface area contributed by atoms with Gasteiger partial charge in [-0.05, 0) is 39.1 Å². The largest absolute Gasteiger partial charge is 0.513 e. The van der Waals surface area contributed by atoms with E-state index in [0.29, 0.717) is 11.3 Å². The molecule has 3 rings (SSSR count). The Bertz CT molecular complexity index is 717. The number of rotatable bonds is 3. The summed E-state index contributed by atoms with van der Waals surface area (Å²) in [5.74, 6) is 0.605. The van der Waals surface area contributed by atoms with Crippen molar-refractivity contribution in [2.75, 3.05) is 20.8 Å². The number of nitrogens with zero attached hydrogens (tertiary/aromatic N) is 1. The van der Waals surface area contributed by atoms with Crippen molar-refractivity contribution >= 4 is 12.1 Å². The van der Waals surface area contributed by atoms with Crippen molar-refractivity contribution in [3.8, 4) is 11.5 Å². The summed E-state index contributed by atoms with van der Waals surface area (Å²) in [5.41, 5.74) is -0.166. The number of benzene rings is 1.